The summed E-state index contributed by atoms with van der Waals surface area (Å²) in [6, 6.07) is 6.23. The van der Waals surface area contributed by atoms with Gasteiger partial charge in [0, 0.05) is 5.69 Å². The number of benzene rings is 1. The minimum atomic E-state index is -0.0161. The molecule has 0 fully saturated rings. The molecule has 1 N–H and O–H groups in total. The van der Waals surface area contributed by atoms with Gasteiger partial charge in [-0.15, -0.1) is 0 Å². The fourth-order valence-corrected chi connectivity index (χ4v) is 2.35. The Morgan fingerprint density at radius 3 is 2.12 bits per heavy atom. The highest BCUT2D eigenvalue weighted by Gasteiger charge is 2.10. The van der Waals surface area contributed by atoms with E-state index in [0.29, 0.717) is 5.69 Å². The molecule has 0 atom stereocenters. The third-order valence-electron chi connectivity index (χ3n) is 2.95. The second kappa shape index (κ2) is 4.34. The Bertz CT molecular complexity index is 532. The normalized spacial score (nSPS) is 10.9. The third kappa shape index (κ3) is 2.11. The molecule has 17 heavy (non-hydrogen) atoms. The van der Waals surface area contributed by atoms with E-state index in [1.807, 2.05) is 17.7 Å². The van der Waals surface area contributed by atoms with Gasteiger partial charge in [0.25, 0.3) is 0 Å². The largest absolute Gasteiger partial charge is 0.390 e. The van der Waals surface area contributed by atoms with Crippen LogP contribution < -0.4 is 0 Å². The van der Waals surface area contributed by atoms with E-state index in [-0.39, 0.29) is 6.61 Å². The van der Waals surface area contributed by atoms with Crippen LogP contribution in [0, 0.1) is 27.7 Å². The van der Waals surface area contributed by atoms with Crippen molar-refractivity contribution in [3.63, 3.8) is 0 Å². The molecule has 1 aromatic heterocycles. The average Bonchev–Trinajstić information content (AvgIpc) is 2.59. The molecule has 2 rings (SSSR count). The molecule has 0 saturated carbocycles. The molecule has 90 valence electrons. The third-order valence-corrected chi connectivity index (χ3v) is 2.95. The van der Waals surface area contributed by atoms with Gasteiger partial charge >= 0.3 is 0 Å². The molecule has 1 heterocycles. The monoisotopic (exact) mass is 230 g/mol. The number of aliphatic hydroxyl groups is 1. The number of aryl methyl sites for hydroxylation is 4. The van der Waals surface area contributed by atoms with Crippen LogP contribution in [-0.4, -0.2) is 14.9 Å². The molecular weight excluding hydrogens is 212 g/mol. The van der Waals surface area contributed by atoms with Crippen molar-refractivity contribution < 1.29 is 5.11 Å². The van der Waals surface area contributed by atoms with Gasteiger partial charge < -0.3 is 5.11 Å². The van der Waals surface area contributed by atoms with Gasteiger partial charge in [-0.2, -0.15) is 5.10 Å². The van der Waals surface area contributed by atoms with Gasteiger partial charge in [0.15, 0.2) is 0 Å². The van der Waals surface area contributed by atoms with Gasteiger partial charge in [0.2, 0.25) is 0 Å². The zero-order chi connectivity index (χ0) is 12.6. The maximum absolute atomic E-state index is 9.13. The summed E-state index contributed by atoms with van der Waals surface area (Å²) in [6.07, 6.45) is 0. The number of aliphatic hydroxyl groups excluding tert-OH is 1. The van der Waals surface area contributed by atoms with Crippen LogP contribution in [0.15, 0.2) is 18.2 Å². The second-order valence-corrected chi connectivity index (χ2v) is 4.59. The van der Waals surface area contributed by atoms with E-state index in [2.05, 4.69) is 38.0 Å². The maximum atomic E-state index is 9.13. The molecule has 0 spiro atoms. The van der Waals surface area contributed by atoms with E-state index >= 15 is 0 Å². The summed E-state index contributed by atoms with van der Waals surface area (Å²) >= 11 is 0. The van der Waals surface area contributed by atoms with E-state index in [1.165, 1.54) is 16.7 Å². The molecule has 0 unspecified atom stereocenters. The van der Waals surface area contributed by atoms with Crippen molar-refractivity contribution in [1.82, 2.24) is 9.78 Å². The van der Waals surface area contributed by atoms with Crippen LogP contribution in [0.2, 0.25) is 0 Å². The van der Waals surface area contributed by atoms with Gasteiger partial charge in [0.05, 0.1) is 18.0 Å². The molecule has 2 aromatic rings. The molecule has 0 aliphatic carbocycles. The second-order valence-electron chi connectivity index (χ2n) is 4.59. The Hall–Kier alpha value is -1.61. The summed E-state index contributed by atoms with van der Waals surface area (Å²) in [5, 5.41) is 13.5. The van der Waals surface area contributed by atoms with Crippen molar-refractivity contribution in [3.8, 4) is 5.69 Å². The van der Waals surface area contributed by atoms with Crippen LogP contribution in [0.4, 0.5) is 0 Å². The number of hydrogen-bond acceptors (Lipinski definition) is 2. The summed E-state index contributed by atoms with van der Waals surface area (Å²) < 4.78 is 1.91. The SMILES string of the molecule is Cc1cc(C)c(-n2nc(CO)cc2C)c(C)c1. The van der Waals surface area contributed by atoms with Gasteiger partial charge in [-0.1, -0.05) is 17.7 Å². The Balaban J connectivity index is 2.63. The van der Waals surface area contributed by atoms with Crippen LogP contribution in [0.3, 0.4) is 0 Å². The van der Waals surface area contributed by atoms with Gasteiger partial charge in [-0.25, -0.2) is 4.68 Å². The highest BCUT2D eigenvalue weighted by atomic mass is 16.3. The molecule has 3 heteroatoms. The number of nitrogens with zero attached hydrogens (tertiary/aromatic N) is 2. The summed E-state index contributed by atoms with van der Waals surface area (Å²) in [5.74, 6) is 0. The van der Waals surface area contributed by atoms with Crippen LogP contribution in [0.5, 0.6) is 0 Å². The maximum Gasteiger partial charge on any atom is 0.0886 e. The summed E-state index contributed by atoms with van der Waals surface area (Å²) in [4.78, 5) is 0. The van der Waals surface area contributed by atoms with E-state index in [0.717, 1.165) is 11.4 Å². The predicted molar refractivity (Wildman–Crippen MR) is 68.4 cm³/mol. The molecular formula is C14H18N2O. The molecule has 3 nitrogen and oxygen atoms in total. The lowest BCUT2D eigenvalue weighted by Crippen LogP contribution is -2.05. The quantitative estimate of drug-likeness (QED) is 0.861. The highest BCUT2D eigenvalue weighted by Crippen LogP contribution is 2.22. The summed E-state index contributed by atoms with van der Waals surface area (Å²) in [6.45, 7) is 8.27. The van der Waals surface area contributed by atoms with Crippen molar-refractivity contribution in [1.29, 1.82) is 0 Å². The number of hydrogen-bond donors (Lipinski definition) is 1. The smallest absolute Gasteiger partial charge is 0.0886 e. The first kappa shape index (κ1) is 11.9. The molecule has 1 aromatic carbocycles. The minimum absolute atomic E-state index is 0.0161. The summed E-state index contributed by atoms with van der Waals surface area (Å²) in [5.41, 5.74) is 6.55. The fraction of sp³-hybridized carbons (Fsp3) is 0.357. The van der Waals surface area contributed by atoms with Crippen LogP contribution in [-0.2, 0) is 6.61 Å². The van der Waals surface area contributed by atoms with E-state index < -0.39 is 0 Å². The van der Waals surface area contributed by atoms with Crippen molar-refractivity contribution in [2.24, 2.45) is 0 Å². The topological polar surface area (TPSA) is 38.0 Å². The molecule has 0 radical (unpaired) electrons. The number of rotatable bonds is 2. The van der Waals surface area contributed by atoms with Crippen LogP contribution in [0.1, 0.15) is 28.1 Å². The van der Waals surface area contributed by atoms with E-state index in [9.17, 15) is 0 Å². The van der Waals surface area contributed by atoms with Gasteiger partial charge in [0.1, 0.15) is 0 Å². The lowest BCUT2D eigenvalue weighted by Gasteiger charge is -2.12. The highest BCUT2D eigenvalue weighted by molar-refractivity contribution is 5.49. The average molecular weight is 230 g/mol. The molecule has 0 amide bonds. The Labute approximate surface area is 102 Å². The fourth-order valence-electron chi connectivity index (χ4n) is 2.35. The Kier molecular flexibility index (Phi) is 3.03. The molecule has 0 aliphatic rings. The van der Waals surface area contributed by atoms with Crippen molar-refractivity contribution in [2.45, 2.75) is 34.3 Å². The minimum Gasteiger partial charge on any atom is -0.390 e. The molecule has 0 saturated heterocycles. The lowest BCUT2D eigenvalue weighted by atomic mass is 10.1. The first-order chi connectivity index (χ1) is 8.02. The number of aromatic nitrogens is 2. The standard InChI is InChI=1S/C14H18N2O/c1-9-5-10(2)14(11(3)6-9)16-12(4)7-13(8-17)15-16/h5-7,17H,8H2,1-4H3. The van der Waals surface area contributed by atoms with Crippen LogP contribution >= 0.6 is 0 Å². The Morgan fingerprint density at radius 1 is 1.06 bits per heavy atom. The first-order valence-corrected chi connectivity index (χ1v) is 5.77. The zero-order valence-corrected chi connectivity index (χ0v) is 10.8. The molecule has 0 bridgehead atoms. The molecule has 0 aliphatic heterocycles. The van der Waals surface area contributed by atoms with Crippen molar-refractivity contribution in [3.05, 3.63) is 46.3 Å². The van der Waals surface area contributed by atoms with Crippen molar-refractivity contribution >= 4 is 0 Å². The first-order valence-electron chi connectivity index (χ1n) is 5.77. The van der Waals surface area contributed by atoms with Crippen LogP contribution in [0.25, 0.3) is 5.69 Å². The summed E-state index contributed by atoms with van der Waals surface area (Å²) in [7, 11) is 0. The van der Waals surface area contributed by atoms with Crippen molar-refractivity contribution in [2.75, 3.05) is 0 Å². The van der Waals surface area contributed by atoms with E-state index in [4.69, 9.17) is 5.11 Å². The predicted octanol–water partition coefficient (Wildman–Crippen LogP) is 2.60. The van der Waals surface area contributed by atoms with Gasteiger partial charge in [-0.3, -0.25) is 0 Å². The van der Waals surface area contributed by atoms with Gasteiger partial charge in [-0.05, 0) is 44.9 Å². The van der Waals surface area contributed by atoms with E-state index in [1.54, 1.807) is 0 Å². The zero-order valence-electron chi connectivity index (χ0n) is 10.8. The Morgan fingerprint density at radius 2 is 1.65 bits per heavy atom. The lowest BCUT2D eigenvalue weighted by molar-refractivity contribution is 0.276.